The van der Waals surface area contributed by atoms with Gasteiger partial charge in [-0.15, -0.1) is 0 Å². The number of sulfonamides is 1. The summed E-state index contributed by atoms with van der Waals surface area (Å²) >= 11 is 0. The molecule has 2 rings (SSSR count). The van der Waals surface area contributed by atoms with Gasteiger partial charge in [0.15, 0.2) is 0 Å². The van der Waals surface area contributed by atoms with E-state index in [4.69, 9.17) is 0 Å². The molecule has 1 aromatic carbocycles. The van der Waals surface area contributed by atoms with Crippen LogP contribution in [0.5, 0.6) is 0 Å². The molecule has 0 bridgehead atoms. The lowest BCUT2D eigenvalue weighted by Crippen LogP contribution is -2.42. The highest BCUT2D eigenvalue weighted by molar-refractivity contribution is 7.88. The zero-order valence-corrected chi connectivity index (χ0v) is 14.1. The number of nitrogens with zero attached hydrogens (tertiary/aromatic N) is 1. The van der Waals surface area contributed by atoms with E-state index in [1.165, 1.54) is 0 Å². The van der Waals surface area contributed by atoms with Crippen molar-refractivity contribution in [2.45, 2.75) is 31.2 Å². The van der Waals surface area contributed by atoms with E-state index in [1.807, 2.05) is 5.32 Å². The van der Waals surface area contributed by atoms with Gasteiger partial charge < -0.3 is 5.32 Å². The Morgan fingerprint density at radius 2 is 1.58 bits per heavy atom. The lowest BCUT2D eigenvalue weighted by molar-refractivity contribution is -0.143. The third-order valence-electron chi connectivity index (χ3n) is 3.79. The van der Waals surface area contributed by atoms with Gasteiger partial charge >= 0.3 is 12.4 Å². The van der Waals surface area contributed by atoms with E-state index < -0.39 is 51.1 Å². The fourth-order valence-electron chi connectivity index (χ4n) is 2.65. The molecule has 0 aromatic heterocycles. The van der Waals surface area contributed by atoms with E-state index in [1.54, 1.807) is 0 Å². The molecular formula is C14H14F6N2O3S. The van der Waals surface area contributed by atoms with Gasteiger partial charge in [0.2, 0.25) is 15.9 Å². The first-order valence-corrected chi connectivity index (χ1v) is 9.11. The number of halogens is 6. The normalized spacial score (nSPS) is 19.6. The molecule has 1 amide bonds. The summed E-state index contributed by atoms with van der Waals surface area (Å²) in [5, 5.41) is 1.97. The van der Waals surface area contributed by atoms with Crippen molar-refractivity contribution in [3.8, 4) is 0 Å². The van der Waals surface area contributed by atoms with Crippen LogP contribution in [0.3, 0.4) is 0 Å². The molecule has 0 aliphatic carbocycles. The number of amides is 1. The van der Waals surface area contributed by atoms with Gasteiger partial charge in [-0.3, -0.25) is 4.79 Å². The molecule has 1 heterocycles. The molecule has 1 saturated heterocycles. The maximum Gasteiger partial charge on any atom is 0.416 e. The van der Waals surface area contributed by atoms with Gasteiger partial charge in [0.25, 0.3) is 0 Å². The lowest BCUT2D eigenvalue weighted by Gasteiger charge is -2.22. The van der Waals surface area contributed by atoms with E-state index >= 15 is 0 Å². The predicted octanol–water partition coefficient (Wildman–Crippen LogP) is 3.09. The molecule has 1 aromatic rings. The standard InChI is InChI=1S/C14H14F6N2O3S/c1-26(24,25)22-4-2-3-11(22)12(23)21-10-6-8(13(15,16)17)5-9(7-10)14(18,19)20/h5-7,11H,2-4H2,1H3,(H,21,23). The zero-order valence-electron chi connectivity index (χ0n) is 13.3. The van der Waals surface area contributed by atoms with Crippen LogP contribution in [0.2, 0.25) is 0 Å². The number of hydrogen-bond acceptors (Lipinski definition) is 3. The first-order valence-electron chi connectivity index (χ1n) is 7.27. The third kappa shape index (κ3) is 4.67. The molecule has 146 valence electrons. The molecule has 0 radical (unpaired) electrons. The van der Waals surface area contributed by atoms with Gasteiger partial charge in [0.1, 0.15) is 6.04 Å². The van der Waals surface area contributed by atoms with E-state index in [0.717, 1.165) is 10.6 Å². The minimum absolute atomic E-state index is 0.0489. The summed E-state index contributed by atoms with van der Waals surface area (Å²) in [4.78, 5) is 12.2. The average Bonchev–Trinajstić information content (AvgIpc) is 2.94. The summed E-state index contributed by atoms with van der Waals surface area (Å²) in [5.74, 6) is -0.986. The van der Waals surface area contributed by atoms with Crippen molar-refractivity contribution < 1.29 is 39.6 Å². The number of anilines is 1. The molecular weight excluding hydrogens is 390 g/mol. The molecule has 1 N–H and O–H groups in total. The molecule has 0 saturated carbocycles. The van der Waals surface area contributed by atoms with Crippen LogP contribution < -0.4 is 5.32 Å². The van der Waals surface area contributed by atoms with Crippen LogP contribution >= 0.6 is 0 Å². The average molecular weight is 404 g/mol. The number of rotatable bonds is 3. The van der Waals surface area contributed by atoms with Gasteiger partial charge in [-0.05, 0) is 31.0 Å². The van der Waals surface area contributed by atoms with E-state index in [2.05, 4.69) is 0 Å². The van der Waals surface area contributed by atoms with Gasteiger partial charge in [-0.2, -0.15) is 30.6 Å². The molecule has 1 aliphatic rings. The summed E-state index contributed by atoms with van der Waals surface area (Å²) in [5.41, 5.74) is -3.86. The second-order valence-electron chi connectivity index (χ2n) is 5.82. The van der Waals surface area contributed by atoms with Gasteiger partial charge in [0.05, 0.1) is 17.4 Å². The molecule has 1 atom stereocenters. The molecule has 26 heavy (non-hydrogen) atoms. The van der Waals surface area contributed by atoms with Crippen LogP contribution in [0.15, 0.2) is 18.2 Å². The smallest absolute Gasteiger partial charge is 0.325 e. The Balaban J connectivity index is 2.35. The monoisotopic (exact) mass is 404 g/mol. The van der Waals surface area contributed by atoms with Crippen LogP contribution in [0, 0.1) is 0 Å². The quantitative estimate of drug-likeness (QED) is 0.788. The number of nitrogens with one attached hydrogen (secondary N) is 1. The summed E-state index contributed by atoms with van der Waals surface area (Å²) < 4.78 is 101. The highest BCUT2D eigenvalue weighted by Crippen LogP contribution is 2.37. The van der Waals surface area contributed by atoms with Crippen molar-refractivity contribution in [3.05, 3.63) is 29.3 Å². The van der Waals surface area contributed by atoms with Crippen LogP contribution in [-0.2, 0) is 27.2 Å². The maximum absolute atomic E-state index is 12.8. The van der Waals surface area contributed by atoms with Crippen LogP contribution in [0.4, 0.5) is 32.0 Å². The summed E-state index contributed by atoms with van der Waals surface area (Å²) in [6.07, 6.45) is -8.77. The first-order chi connectivity index (χ1) is 11.7. The highest BCUT2D eigenvalue weighted by atomic mass is 32.2. The first kappa shape index (κ1) is 20.5. The van der Waals surface area contributed by atoms with Crippen LogP contribution in [-0.4, -0.2) is 37.5 Å². The summed E-state index contributed by atoms with van der Waals surface area (Å²) in [6.45, 7) is 0.0489. The lowest BCUT2D eigenvalue weighted by atomic mass is 10.1. The number of alkyl halides is 6. The van der Waals surface area contributed by atoms with Gasteiger partial charge in [-0.1, -0.05) is 0 Å². The number of carbonyl (C=O) groups is 1. The van der Waals surface area contributed by atoms with Crippen molar-refractivity contribution in [2.24, 2.45) is 0 Å². The van der Waals surface area contributed by atoms with Crippen molar-refractivity contribution in [1.29, 1.82) is 0 Å². The minimum Gasteiger partial charge on any atom is -0.325 e. The van der Waals surface area contributed by atoms with E-state index in [-0.39, 0.29) is 19.0 Å². The Bertz CT molecular complexity index is 772. The largest absolute Gasteiger partial charge is 0.416 e. The Labute approximate surface area is 145 Å². The van der Waals surface area contributed by atoms with Gasteiger partial charge in [-0.25, -0.2) is 8.42 Å². The molecule has 1 fully saturated rings. The fraction of sp³-hybridized carbons (Fsp3) is 0.500. The topological polar surface area (TPSA) is 66.5 Å². The second kappa shape index (κ2) is 6.72. The van der Waals surface area contributed by atoms with Crippen molar-refractivity contribution in [2.75, 3.05) is 18.1 Å². The Morgan fingerprint density at radius 1 is 1.08 bits per heavy atom. The number of hydrogen-bond donors (Lipinski definition) is 1. The highest BCUT2D eigenvalue weighted by Gasteiger charge is 2.39. The van der Waals surface area contributed by atoms with Crippen molar-refractivity contribution >= 4 is 21.6 Å². The maximum atomic E-state index is 12.8. The second-order valence-corrected chi connectivity index (χ2v) is 7.75. The Morgan fingerprint density at radius 3 is 2.00 bits per heavy atom. The molecule has 1 unspecified atom stereocenters. The summed E-state index contributed by atoms with van der Waals surface area (Å²) in [6, 6.07) is -0.512. The predicted molar refractivity (Wildman–Crippen MR) is 79.6 cm³/mol. The minimum atomic E-state index is -5.05. The zero-order chi connectivity index (χ0) is 19.9. The van der Waals surface area contributed by atoms with Crippen molar-refractivity contribution in [3.63, 3.8) is 0 Å². The molecule has 12 heteroatoms. The summed E-state index contributed by atoms with van der Waals surface area (Å²) in [7, 11) is -3.74. The molecule has 0 spiro atoms. The Hall–Kier alpha value is -1.82. The van der Waals surface area contributed by atoms with Crippen molar-refractivity contribution in [1.82, 2.24) is 4.31 Å². The van der Waals surface area contributed by atoms with Crippen LogP contribution in [0.25, 0.3) is 0 Å². The van der Waals surface area contributed by atoms with Crippen LogP contribution in [0.1, 0.15) is 24.0 Å². The SMILES string of the molecule is CS(=O)(=O)N1CCCC1C(=O)Nc1cc(C(F)(F)F)cc(C(F)(F)F)c1. The number of carbonyl (C=O) groups excluding carboxylic acids is 1. The Kier molecular flexibility index (Phi) is 5.30. The van der Waals surface area contributed by atoms with E-state index in [0.29, 0.717) is 18.6 Å². The number of benzene rings is 1. The third-order valence-corrected chi connectivity index (χ3v) is 5.08. The molecule has 1 aliphatic heterocycles. The molecule has 5 nitrogen and oxygen atoms in total. The van der Waals surface area contributed by atoms with E-state index in [9.17, 15) is 39.6 Å². The fourth-order valence-corrected chi connectivity index (χ4v) is 3.78. The van der Waals surface area contributed by atoms with Gasteiger partial charge in [0, 0.05) is 12.2 Å².